The van der Waals surface area contributed by atoms with Crippen molar-refractivity contribution in [2.75, 3.05) is 26.2 Å². The summed E-state index contributed by atoms with van der Waals surface area (Å²) in [6.07, 6.45) is -0.142. The van der Waals surface area contributed by atoms with E-state index in [2.05, 4.69) is 10.3 Å². The average molecular weight is 470 g/mol. The maximum absolute atomic E-state index is 13.3. The highest BCUT2D eigenvalue weighted by Gasteiger charge is 2.32. The van der Waals surface area contributed by atoms with Gasteiger partial charge in [0.2, 0.25) is 0 Å². The van der Waals surface area contributed by atoms with Crippen molar-refractivity contribution < 1.29 is 18.7 Å². The molecule has 0 unspecified atom stereocenters. The number of piperazine rings is 1. The van der Waals surface area contributed by atoms with Crippen LogP contribution in [0.25, 0.3) is 0 Å². The molecule has 1 fully saturated rings. The lowest BCUT2D eigenvalue weighted by molar-refractivity contribution is -0.00202. The summed E-state index contributed by atoms with van der Waals surface area (Å²) in [5.74, 6) is -1.01. The van der Waals surface area contributed by atoms with Crippen LogP contribution < -0.4 is 0 Å². The Bertz CT molecular complexity index is 1190. The van der Waals surface area contributed by atoms with E-state index in [4.69, 9.17) is 16.3 Å². The number of carbonyl (C=O) groups is 2. The van der Waals surface area contributed by atoms with Gasteiger partial charge in [-0.25, -0.2) is 9.07 Å². The van der Waals surface area contributed by atoms with Gasteiger partial charge < -0.3 is 14.5 Å². The van der Waals surface area contributed by atoms with E-state index < -0.39 is 5.82 Å². The second-order valence-corrected chi connectivity index (χ2v) is 8.39. The van der Waals surface area contributed by atoms with Crippen LogP contribution in [0.4, 0.5) is 4.39 Å². The van der Waals surface area contributed by atoms with Crippen LogP contribution in [-0.2, 0) is 17.9 Å². The van der Waals surface area contributed by atoms with Gasteiger partial charge in [0, 0.05) is 26.2 Å². The van der Waals surface area contributed by atoms with Gasteiger partial charge in [-0.1, -0.05) is 47.1 Å². The highest BCUT2D eigenvalue weighted by Crippen LogP contribution is 2.27. The molecule has 0 bridgehead atoms. The maximum Gasteiger partial charge on any atom is 0.276 e. The number of amides is 2. The van der Waals surface area contributed by atoms with E-state index in [1.165, 1.54) is 12.1 Å². The van der Waals surface area contributed by atoms with Crippen LogP contribution in [0.1, 0.15) is 38.2 Å². The first-order valence-electron chi connectivity index (χ1n) is 10.6. The van der Waals surface area contributed by atoms with Crippen molar-refractivity contribution in [2.24, 2.45) is 0 Å². The molecule has 8 nitrogen and oxygen atoms in total. The number of fused-ring (bicyclic) bond motifs is 1. The molecule has 1 aromatic heterocycles. The Hall–Kier alpha value is -3.30. The van der Waals surface area contributed by atoms with Gasteiger partial charge in [0.05, 0.1) is 29.4 Å². The zero-order chi connectivity index (χ0) is 22.9. The molecule has 33 heavy (non-hydrogen) atoms. The van der Waals surface area contributed by atoms with E-state index in [0.29, 0.717) is 38.4 Å². The molecule has 170 valence electrons. The first kappa shape index (κ1) is 21.5. The third-order valence-electron chi connectivity index (χ3n) is 5.99. The molecule has 10 heteroatoms. The van der Waals surface area contributed by atoms with E-state index in [1.54, 1.807) is 14.5 Å². The van der Waals surface area contributed by atoms with Crippen LogP contribution in [0, 0.1) is 5.82 Å². The van der Waals surface area contributed by atoms with Crippen LogP contribution in [0.3, 0.4) is 0 Å². The predicted molar refractivity (Wildman–Crippen MR) is 117 cm³/mol. The topological polar surface area (TPSA) is 80.6 Å². The number of hydrogen-bond acceptors (Lipinski definition) is 5. The average Bonchev–Trinajstić information content (AvgIpc) is 3.27. The third-order valence-corrected chi connectivity index (χ3v) is 6.30. The van der Waals surface area contributed by atoms with Crippen molar-refractivity contribution in [1.82, 2.24) is 24.8 Å². The fraction of sp³-hybridized carbons (Fsp3) is 0.304. The number of halogens is 2. The van der Waals surface area contributed by atoms with Crippen molar-refractivity contribution in [3.05, 3.63) is 81.9 Å². The fourth-order valence-electron chi connectivity index (χ4n) is 4.14. The molecule has 2 aliphatic rings. The minimum Gasteiger partial charge on any atom is -0.365 e. The van der Waals surface area contributed by atoms with Crippen molar-refractivity contribution in [2.45, 2.75) is 19.3 Å². The fourth-order valence-corrected chi connectivity index (χ4v) is 4.39. The summed E-state index contributed by atoms with van der Waals surface area (Å²) >= 11 is 6.03. The summed E-state index contributed by atoms with van der Waals surface area (Å²) in [5, 5.41) is 8.38. The van der Waals surface area contributed by atoms with Gasteiger partial charge in [0.15, 0.2) is 5.69 Å². The monoisotopic (exact) mass is 469 g/mol. The molecule has 2 amide bonds. The Labute approximate surface area is 194 Å². The number of nitrogens with zero attached hydrogens (tertiary/aromatic N) is 5. The summed E-state index contributed by atoms with van der Waals surface area (Å²) in [5.41, 5.74) is 2.23. The number of aromatic nitrogens is 3. The van der Waals surface area contributed by atoms with Gasteiger partial charge in [0.25, 0.3) is 11.8 Å². The molecule has 0 N–H and O–H groups in total. The zero-order valence-electron chi connectivity index (χ0n) is 17.7. The highest BCUT2D eigenvalue weighted by atomic mass is 35.5. The lowest BCUT2D eigenvalue weighted by atomic mass is 10.1. The first-order valence-corrected chi connectivity index (χ1v) is 11.0. The second kappa shape index (κ2) is 8.92. The van der Waals surface area contributed by atoms with E-state index in [1.807, 2.05) is 30.3 Å². The molecule has 2 aromatic carbocycles. The SMILES string of the molecule is O=C(c1ccc(F)cc1Cl)N1CCN(C(=O)c2nnn3c2CO[C@H](c2ccccc2)C3)CC1. The van der Waals surface area contributed by atoms with Gasteiger partial charge in [-0.2, -0.15) is 0 Å². The number of benzene rings is 2. The Morgan fingerprint density at radius 1 is 1.00 bits per heavy atom. The summed E-state index contributed by atoms with van der Waals surface area (Å²) < 4.78 is 21.0. The smallest absolute Gasteiger partial charge is 0.276 e. The lowest BCUT2D eigenvalue weighted by Gasteiger charge is -2.34. The van der Waals surface area contributed by atoms with Gasteiger partial charge in [-0.05, 0) is 23.8 Å². The van der Waals surface area contributed by atoms with Gasteiger partial charge >= 0.3 is 0 Å². The summed E-state index contributed by atoms with van der Waals surface area (Å²) in [7, 11) is 0. The minimum absolute atomic E-state index is 0.0722. The molecule has 1 saturated heterocycles. The largest absolute Gasteiger partial charge is 0.365 e. The Balaban J connectivity index is 1.23. The van der Waals surface area contributed by atoms with E-state index in [0.717, 1.165) is 11.6 Å². The van der Waals surface area contributed by atoms with Gasteiger partial charge in [0.1, 0.15) is 11.9 Å². The molecule has 0 spiro atoms. The predicted octanol–water partition coefficient (Wildman–Crippen LogP) is 2.94. The molecule has 1 atom stereocenters. The molecule has 3 aromatic rings. The molecule has 0 aliphatic carbocycles. The van der Waals surface area contributed by atoms with Crippen molar-refractivity contribution in [3.8, 4) is 0 Å². The molecule has 0 radical (unpaired) electrons. The summed E-state index contributed by atoms with van der Waals surface area (Å²) in [6.45, 7) is 2.12. The van der Waals surface area contributed by atoms with Crippen LogP contribution in [0.5, 0.6) is 0 Å². The van der Waals surface area contributed by atoms with Crippen molar-refractivity contribution >= 4 is 23.4 Å². The normalized spacial score (nSPS) is 18.2. The third kappa shape index (κ3) is 4.21. The number of hydrogen-bond donors (Lipinski definition) is 0. The van der Waals surface area contributed by atoms with Crippen LogP contribution in [0.15, 0.2) is 48.5 Å². The van der Waals surface area contributed by atoms with Gasteiger partial charge in [-0.15, -0.1) is 5.10 Å². The van der Waals surface area contributed by atoms with Crippen molar-refractivity contribution in [1.29, 1.82) is 0 Å². The zero-order valence-corrected chi connectivity index (χ0v) is 18.4. The second-order valence-electron chi connectivity index (χ2n) is 7.99. The van der Waals surface area contributed by atoms with Crippen molar-refractivity contribution in [3.63, 3.8) is 0 Å². The quantitative estimate of drug-likeness (QED) is 0.589. The Morgan fingerprint density at radius 3 is 2.39 bits per heavy atom. The van der Waals surface area contributed by atoms with E-state index in [9.17, 15) is 14.0 Å². The molecule has 0 saturated carbocycles. The van der Waals surface area contributed by atoms with Crippen LogP contribution >= 0.6 is 11.6 Å². The van der Waals surface area contributed by atoms with Crippen LogP contribution in [0.2, 0.25) is 5.02 Å². The number of carbonyl (C=O) groups excluding carboxylic acids is 2. The molecular formula is C23H21ClFN5O3. The molecular weight excluding hydrogens is 449 g/mol. The standard InChI is InChI=1S/C23H21ClFN5O3/c24-18-12-16(25)6-7-17(18)22(31)28-8-10-29(11-9-28)23(32)21-19-14-33-20(13-30(19)27-26-21)15-4-2-1-3-5-15/h1-7,12,20H,8-11,13-14H2/t20-/m0/s1. The number of rotatable bonds is 3. The highest BCUT2D eigenvalue weighted by molar-refractivity contribution is 6.33. The van der Waals surface area contributed by atoms with E-state index in [-0.39, 0.29) is 40.8 Å². The Morgan fingerprint density at radius 2 is 1.70 bits per heavy atom. The minimum atomic E-state index is -0.497. The lowest BCUT2D eigenvalue weighted by Crippen LogP contribution is -2.51. The summed E-state index contributed by atoms with van der Waals surface area (Å²) in [6, 6.07) is 13.6. The molecule has 2 aliphatic heterocycles. The summed E-state index contributed by atoms with van der Waals surface area (Å²) in [4.78, 5) is 29.1. The van der Waals surface area contributed by atoms with Crippen LogP contribution in [-0.4, -0.2) is 62.8 Å². The Kier molecular flexibility index (Phi) is 5.82. The maximum atomic E-state index is 13.3. The first-order chi connectivity index (χ1) is 16.0. The number of ether oxygens (including phenoxy) is 1. The molecule has 3 heterocycles. The van der Waals surface area contributed by atoms with E-state index >= 15 is 0 Å². The molecule has 5 rings (SSSR count). The van der Waals surface area contributed by atoms with Gasteiger partial charge in [-0.3, -0.25) is 9.59 Å².